The summed E-state index contributed by atoms with van der Waals surface area (Å²) in [5.41, 5.74) is -0.0662. The first-order valence-electron chi connectivity index (χ1n) is 5.69. The Hall–Kier alpha value is -0.0900. The Morgan fingerprint density at radius 3 is 2.62 bits per heavy atom. The molecule has 1 aromatic rings. The molecule has 0 aromatic carbocycles. The van der Waals surface area contributed by atoms with Crippen LogP contribution in [0, 0.1) is 0 Å². The molecule has 2 rings (SSSR count). The zero-order valence-corrected chi connectivity index (χ0v) is 11.3. The Bertz CT molecular complexity index is 347. The van der Waals surface area contributed by atoms with E-state index in [0.29, 0.717) is 0 Å². The van der Waals surface area contributed by atoms with E-state index in [-0.39, 0.29) is 11.6 Å². The normalized spacial score (nSPS) is 21.2. The second-order valence-electron chi connectivity index (χ2n) is 4.33. The molecule has 1 unspecified atom stereocenters. The van der Waals surface area contributed by atoms with Crippen LogP contribution in [0.25, 0.3) is 0 Å². The van der Waals surface area contributed by atoms with Gasteiger partial charge in [-0.1, -0.05) is 24.4 Å². The van der Waals surface area contributed by atoms with Gasteiger partial charge in [0.15, 0.2) is 0 Å². The van der Waals surface area contributed by atoms with E-state index in [1.165, 1.54) is 17.7 Å². The number of thiophene rings is 1. The lowest BCUT2D eigenvalue weighted by molar-refractivity contribution is -0.0339. The fourth-order valence-corrected chi connectivity index (χ4v) is 4.11. The molecule has 1 saturated carbocycles. The number of ether oxygens (including phenoxy) is 1. The number of nitrogens with one attached hydrogen (secondary N) is 1. The van der Waals surface area contributed by atoms with Crippen molar-refractivity contribution in [3.63, 3.8) is 0 Å². The van der Waals surface area contributed by atoms with Crippen molar-refractivity contribution in [1.29, 1.82) is 0 Å². The molecule has 1 heterocycles. The van der Waals surface area contributed by atoms with Gasteiger partial charge in [-0.05, 0) is 31.3 Å². The Morgan fingerprint density at radius 1 is 1.50 bits per heavy atom. The van der Waals surface area contributed by atoms with Gasteiger partial charge in [0.1, 0.15) is 0 Å². The van der Waals surface area contributed by atoms with E-state index in [4.69, 9.17) is 16.3 Å². The maximum absolute atomic E-state index is 6.23. The van der Waals surface area contributed by atoms with Crippen molar-refractivity contribution in [2.75, 3.05) is 14.2 Å². The highest BCUT2D eigenvalue weighted by Gasteiger charge is 2.42. The van der Waals surface area contributed by atoms with Gasteiger partial charge in [0, 0.05) is 12.0 Å². The van der Waals surface area contributed by atoms with E-state index in [1.54, 1.807) is 11.3 Å². The van der Waals surface area contributed by atoms with Crippen LogP contribution in [-0.4, -0.2) is 19.8 Å². The van der Waals surface area contributed by atoms with Crippen LogP contribution in [0.1, 0.15) is 36.6 Å². The Balaban J connectivity index is 2.31. The van der Waals surface area contributed by atoms with Crippen LogP contribution in [-0.2, 0) is 4.74 Å². The minimum absolute atomic E-state index is 0.0662. The van der Waals surface area contributed by atoms with Gasteiger partial charge in [0.25, 0.3) is 0 Å². The predicted octanol–water partition coefficient (Wildman–Crippen LogP) is 3.62. The van der Waals surface area contributed by atoms with E-state index >= 15 is 0 Å². The third-order valence-electron chi connectivity index (χ3n) is 3.58. The molecule has 0 bridgehead atoms. The van der Waals surface area contributed by atoms with Crippen molar-refractivity contribution in [2.45, 2.75) is 37.3 Å². The average Bonchev–Trinajstić information content (AvgIpc) is 2.91. The first-order chi connectivity index (χ1) is 7.73. The van der Waals surface area contributed by atoms with Gasteiger partial charge < -0.3 is 10.1 Å². The van der Waals surface area contributed by atoms with Crippen molar-refractivity contribution in [2.24, 2.45) is 0 Å². The number of rotatable bonds is 4. The highest BCUT2D eigenvalue weighted by atomic mass is 35.5. The molecule has 1 aliphatic rings. The summed E-state index contributed by atoms with van der Waals surface area (Å²) in [5.74, 6) is 0. The highest BCUT2D eigenvalue weighted by Crippen LogP contribution is 2.45. The number of hydrogen-bond acceptors (Lipinski definition) is 3. The number of halogens is 1. The molecule has 0 radical (unpaired) electrons. The zero-order valence-electron chi connectivity index (χ0n) is 9.75. The Kier molecular flexibility index (Phi) is 3.90. The van der Waals surface area contributed by atoms with Crippen LogP contribution in [0.3, 0.4) is 0 Å². The fourth-order valence-electron chi connectivity index (χ4n) is 2.73. The maximum atomic E-state index is 6.23. The molecule has 16 heavy (non-hydrogen) atoms. The highest BCUT2D eigenvalue weighted by molar-refractivity contribution is 7.10. The van der Waals surface area contributed by atoms with Gasteiger partial charge in [-0.2, -0.15) is 0 Å². The van der Waals surface area contributed by atoms with Gasteiger partial charge in [0.05, 0.1) is 16.7 Å². The topological polar surface area (TPSA) is 21.3 Å². The molecule has 0 amide bonds. The lowest BCUT2D eigenvalue weighted by Gasteiger charge is -2.36. The number of likely N-dealkylation sites (N-methyl/N-ethyl adjacent to an activating group) is 1. The molecule has 1 aromatic heterocycles. The van der Waals surface area contributed by atoms with Crippen molar-refractivity contribution < 1.29 is 4.74 Å². The molecular formula is C12H18ClNOS. The van der Waals surface area contributed by atoms with Gasteiger partial charge in [0.2, 0.25) is 0 Å². The minimum Gasteiger partial charge on any atom is -0.376 e. The molecule has 4 heteroatoms. The first-order valence-corrected chi connectivity index (χ1v) is 6.94. The smallest absolute Gasteiger partial charge is 0.0881 e. The summed E-state index contributed by atoms with van der Waals surface area (Å²) in [4.78, 5) is 1.20. The Morgan fingerprint density at radius 2 is 2.19 bits per heavy atom. The summed E-state index contributed by atoms with van der Waals surface area (Å²) in [7, 11) is 3.80. The van der Waals surface area contributed by atoms with Crippen molar-refractivity contribution in [1.82, 2.24) is 5.32 Å². The standard InChI is InChI=1S/C12H18ClNOS/c1-14-11(10-9(13)5-8-16-10)12(15-2)6-3-4-7-12/h5,8,11,14H,3-4,6-7H2,1-2H3. The molecule has 1 fully saturated rings. The van der Waals surface area contributed by atoms with Gasteiger partial charge in [-0.3, -0.25) is 0 Å². The van der Waals surface area contributed by atoms with Crippen LogP contribution in [0.15, 0.2) is 11.4 Å². The van der Waals surface area contributed by atoms with E-state index in [9.17, 15) is 0 Å². The predicted molar refractivity (Wildman–Crippen MR) is 69.3 cm³/mol. The van der Waals surface area contributed by atoms with Crippen LogP contribution < -0.4 is 5.32 Å². The molecule has 0 spiro atoms. The third kappa shape index (κ3) is 2.02. The Labute approximate surface area is 106 Å². The van der Waals surface area contributed by atoms with Crippen LogP contribution in [0.5, 0.6) is 0 Å². The molecule has 1 N–H and O–H groups in total. The van der Waals surface area contributed by atoms with Crippen LogP contribution in [0.4, 0.5) is 0 Å². The van der Waals surface area contributed by atoms with Crippen LogP contribution >= 0.6 is 22.9 Å². The lowest BCUT2D eigenvalue weighted by atomic mass is 9.91. The average molecular weight is 260 g/mol. The molecule has 90 valence electrons. The van der Waals surface area contributed by atoms with E-state index < -0.39 is 0 Å². The summed E-state index contributed by atoms with van der Waals surface area (Å²) in [6.07, 6.45) is 4.72. The summed E-state index contributed by atoms with van der Waals surface area (Å²) >= 11 is 7.93. The van der Waals surface area contributed by atoms with Crippen molar-refractivity contribution in [3.05, 3.63) is 21.3 Å². The molecule has 1 atom stereocenters. The van der Waals surface area contributed by atoms with Crippen molar-refractivity contribution in [3.8, 4) is 0 Å². The third-order valence-corrected chi connectivity index (χ3v) is 5.00. The number of hydrogen-bond donors (Lipinski definition) is 1. The summed E-state index contributed by atoms with van der Waals surface area (Å²) in [6.45, 7) is 0. The van der Waals surface area contributed by atoms with Gasteiger partial charge in [-0.25, -0.2) is 0 Å². The second kappa shape index (κ2) is 5.05. The van der Waals surface area contributed by atoms with E-state index in [2.05, 4.69) is 5.32 Å². The monoisotopic (exact) mass is 259 g/mol. The minimum atomic E-state index is -0.0662. The molecule has 0 saturated heterocycles. The summed E-state index contributed by atoms with van der Waals surface area (Å²) in [5, 5.41) is 6.28. The van der Waals surface area contributed by atoms with Crippen LogP contribution in [0.2, 0.25) is 5.02 Å². The van der Waals surface area contributed by atoms with Crippen molar-refractivity contribution >= 4 is 22.9 Å². The first kappa shape index (κ1) is 12.4. The molecular weight excluding hydrogens is 242 g/mol. The summed E-state index contributed by atoms with van der Waals surface area (Å²) in [6, 6.07) is 2.18. The number of methoxy groups -OCH3 is 1. The fraction of sp³-hybridized carbons (Fsp3) is 0.667. The zero-order chi connectivity index (χ0) is 11.6. The van der Waals surface area contributed by atoms with Gasteiger partial charge in [-0.15, -0.1) is 11.3 Å². The van der Waals surface area contributed by atoms with E-state index in [0.717, 1.165) is 17.9 Å². The summed E-state index contributed by atoms with van der Waals surface area (Å²) < 4.78 is 5.82. The largest absolute Gasteiger partial charge is 0.376 e. The maximum Gasteiger partial charge on any atom is 0.0881 e. The van der Waals surface area contributed by atoms with Gasteiger partial charge >= 0.3 is 0 Å². The quantitative estimate of drug-likeness (QED) is 0.892. The SMILES string of the molecule is CNC(c1sccc1Cl)C1(OC)CCCC1. The molecule has 0 aliphatic heterocycles. The second-order valence-corrected chi connectivity index (χ2v) is 5.69. The molecule has 2 nitrogen and oxygen atoms in total. The molecule has 1 aliphatic carbocycles. The van der Waals surface area contributed by atoms with E-state index in [1.807, 2.05) is 25.6 Å². The lowest BCUT2D eigenvalue weighted by Crippen LogP contribution is -2.41.